The lowest BCUT2D eigenvalue weighted by Crippen LogP contribution is -2.13. The zero-order valence-electron chi connectivity index (χ0n) is 6.39. The van der Waals surface area contributed by atoms with Gasteiger partial charge in [0.25, 0.3) is 0 Å². The minimum absolute atomic E-state index is 0.175. The van der Waals surface area contributed by atoms with E-state index in [0.29, 0.717) is 0 Å². The fourth-order valence-electron chi connectivity index (χ4n) is 1.38. The van der Waals surface area contributed by atoms with E-state index in [-0.39, 0.29) is 11.9 Å². The summed E-state index contributed by atoms with van der Waals surface area (Å²) in [4.78, 5) is 0. The van der Waals surface area contributed by atoms with Crippen LogP contribution in [0.5, 0.6) is 5.75 Å². The molecule has 0 bridgehead atoms. The molecule has 1 heterocycles. The smallest absolute Gasteiger partial charge is 0.123 e. The summed E-state index contributed by atoms with van der Waals surface area (Å²) in [7, 11) is 0. The van der Waals surface area contributed by atoms with Crippen LogP contribution in [0.3, 0.4) is 0 Å². The maximum absolute atomic E-state index is 12.7. The lowest BCUT2D eigenvalue weighted by Gasteiger charge is -2.04. The van der Waals surface area contributed by atoms with E-state index in [0.717, 1.165) is 22.2 Å². The summed E-state index contributed by atoms with van der Waals surface area (Å²) >= 11 is 2.28. The van der Waals surface area contributed by atoms with Gasteiger partial charge in [-0.1, -0.05) is 22.6 Å². The van der Waals surface area contributed by atoms with E-state index < -0.39 is 0 Å². The van der Waals surface area contributed by atoms with Crippen molar-refractivity contribution in [3.63, 3.8) is 0 Å². The Balaban J connectivity index is 2.30. The van der Waals surface area contributed by atoms with Gasteiger partial charge in [-0.15, -0.1) is 0 Å². The molecule has 0 fully saturated rings. The third-order valence-corrected chi connectivity index (χ3v) is 2.92. The molecule has 0 saturated carbocycles. The third-order valence-electron chi connectivity index (χ3n) is 1.94. The Bertz CT molecular complexity index is 301. The van der Waals surface area contributed by atoms with Gasteiger partial charge in [-0.05, 0) is 18.2 Å². The van der Waals surface area contributed by atoms with Crippen LogP contribution >= 0.6 is 22.6 Å². The van der Waals surface area contributed by atoms with Gasteiger partial charge < -0.3 is 4.74 Å². The second kappa shape index (κ2) is 3.20. The summed E-state index contributed by atoms with van der Waals surface area (Å²) in [5, 5.41) is 0. The van der Waals surface area contributed by atoms with Gasteiger partial charge in [-0.25, -0.2) is 4.39 Å². The lowest BCUT2D eigenvalue weighted by atomic mass is 10.1. The van der Waals surface area contributed by atoms with Crippen molar-refractivity contribution in [3.8, 4) is 5.75 Å². The molecule has 1 aromatic rings. The molecule has 0 radical (unpaired) electrons. The summed E-state index contributed by atoms with van der Waals surface area (Å²) in [6.07, 6.45) is 1.08. The Kier molecular flexibility index (Phi) is 2.21. The Morgan fingerprint density at radius 3 is 3.17 bits per heavy atom. The van der Waals surface area contributed by atoms with Crippen LogP contribution in [-0.2, 0) is 6.42 Å². The number of alkyl halides is 1. The molecule has 0 spiro atoms. The van der Waals surface area contributed by atoms with Gasteiger partial charge in [0.2, 0.25) is 0 Å². The molecule has 2 rings (SSSR count). The second-order valence-electron chi connectivity index (χ2n) is 2.85. The summed E-state index contributed by atoms with van der Waals surface area (Å²) in [6, 6.07) is 4.70. The van der Waals surface area contributed by atoms with Gasteiger partial charge in [0, 0.05) is 16.4 Å². The third kappa shape index (κ3) is 1.42. The number of ether oxygens (including phenoxy) is 1. The van der Waals surface area contributed by atoms with E-state index in [1.54, 1.807) is 12.1 Å². The predicted octanol–water partition coefficient (Wildman–Crippen LogP) is 2.56. The molecule has 1 atom stereocenters. The molecule has 0 aromatic heterocycles. The predicted molar refractivity (Wildman–Crippen MR) is 53.4 cm³/mol. The van der Waals surface area contributed by atoms with Gasteiger partial charge in [-0.2, -0.15) is 0 Å². The summed E-state index contributed by atoms with van der Waals surface area (Å²) < 4.78 is 19.2. The Morgan fingerprint density at radius 2 is 2.42 bits per heavy atom. The first-order chi connectivity index (χ1) is 5.79. The van der Waals surface area contributed by atoms with Crippen LogP contribution in [0.4, 0.5) is 4.39 Å². The highest BCUT2D eigenvalue weighted by Gasteiger charge is 2.21. The van der Waals surface area contributed by atoms with Crippen LogP contribution in [-0.4, -0.2) is 10.5 Å². The molecule has 1 aliphatic rings. The number of rotatable bonds is 1. The molecule has 0 unspecified atom stereocenters. The first kappa shape index (κ1) is 8.29. The number of hydrogen-bond acceptors (Lipinski definition) is 1. The van der Waals surface area contributed by atoms with E-state index in [9.17, 15) is 4.39 Å². The van der Waals surface area contributed by atoms with E-state index in [2.05, 4.69) is 22.6 Å². The summed E-state index contributed by atoms with van der Waals surface area (Å²) in [5.41, 5.74) is 0.997. The molecule has 1 aliphatic heterocycles. The fraction of sp³-hybridized carbons (Fsp3) is 0.333. The highest BCUT2D eigenvalue weighted by atomic mass is 127. The highest BCUT2D eigenvalue weighted by molar-refractivity contribution is 14.1. The Hall–Kier alpha value is -0.320. The molecule has 3 heteroatoms. The second-order valence-corrected chi connectivity index (χ2v) is 3.73. The van der Waals surface area contributed by atoms with E-state index in [1.807, 2.05) is 0 Å². The number of fused-ring (bicyclic) bond motifs is 1. The SMILES string of the molecule is Fc1ccc2c(c1)C[C@@H](CI)O2. The van der Waals surface area contributed by atoms with Crippen LogP contribution in [0, 0.1) is 5.82 Å². The fourth-order valence-corrected chi connectivity index (χ4v) is 1.87. The number of hydrogen-bond donors (Lipinski definition) is 0. The summed E-state index contributed by atoms with van der Waals surface area (Å²) in [5.74, 6) is 0.671. The standard InChI is InChI=1S/C9H8FIO/c10-7-1-2-9-6(3-7)4-8(5-11)12-9/h1-3,8H,4-5H2/t8-/m0/s1. The zero-order chi connectivity index (χ0) is 8.55. The van der Waals surface area contributed by atoms with Crippen LogP contribution in [0.25, 0.3) is 0 Å². The maximum atomic E-state index is 12.7. The van der Waals surface area contributed by atoms with Crippen molar-refractivity contribution in [2.75, 3.05) is 4.43 Å². The molecule has 0 amide bonds. The van der Waals surface area contributed by atoms with Crippen molar-refractivity contribution >= 4 is 22.6 Å². The topological polar surface area (TPSA) is 9.23 Å². The minimum atomic E-state index is -0.175. The molecule has 0 saturated heterocycles. The quantitative estimate of drug-likeness (QED) is 0.566. The number of benzene rings is 1. The van der Waals surface area contributed by atoms with Crippen molar-refractivity contribution in [2.24, 2.45) is 0 Å². The molecular weight excluding hydrogens is 270 g/mol. The van der Waals surface area contributed by atoms with Gasteiger partial charge in [0.05, 0.1) is 0 Å². The lowest BCUT2D eigenvalue weighted by molar-refractivity contribution is 0.262. The average Bonchev–Trinajstić information content (AvgIpc) is 2.46. The van der Waals surface area contributed by atoms with Gasteiger partial charge in [0.15, 0.2) is 0 Å². The number of halogens is 2. The Labute approximate surface area is 84.1 Å². The summed E-state index contributed by atoms with van der Waals surface area (Å²) in [6.45, 7) is 0. The molecule has 12 heavy (non-hydrogen) atoms. The Morgan fingerprint density at radius 1 is 1.58 bits per heavy atom. The monoisotopic (exact) mass is 278 g/mol. The van der Waals surface area contributed by atoms with Crippen molar-refractivity contribution in [1.29, 1.82) is 0 Å². The largest absolute Gasteiger partial charge is 0.489 e. The molecule has 1 aromatic carbocycles. The van der Waals surface area contributed by atoms with Gasteiger partial charge in [0.1, 0.15) is 17.7 Å². The normalized spacial score (nSPS) is 20.3. The molecule has 64 valence electrons. The molecular formula is C9H8FIO. The van der Waals surface area contributed by atoms with Crippen molar-refractivity contribution in [1.82, 2.24) is 0 Å². The van der Waals surface area contributed by atoms with Crippen LogP contribution in [0.15, 0.2) is 18.2 Å². The zero-order valence-corrected chi connectivity index (χ0v) is 8.55. The molecule has 1 nitrogen and oxygen atoms in total. The van der Waals surface area contributed by atoms with E-state index >= 15 is 0 Å². The van der Waals surface area contributed by atoms with Crippen LogP contribution in [0.2, 0.25) is 0 Å². The average molecular weight is 278 g/mol. The van der Waals surface area contributed by atoms with Crippen LogP contribution < -0.4 is 4.74 Å². The first-order valence-electron chi connectivity index (χ1n) is 3.80. The van der Waals surface area contributed by atoms with E-state index in [1.165, 1.54) is 6.07 Å². The molecule has 0 N–H and O–H groups in total. The maximum Gasteiger partial charge on any atom is 0.123 e. The molecule has 0 aliphatic carbocycles. The van der Waals surface area contributed by atoms with Crippen molar-refractivity contribution in [3.05, 3.63) is 29.6 Å². The van der Waals surface area contributed by atoms with Crippen molar-refractivity contribution < 1.29 is 9.13 Å². The van der Waals surface area contributed by atoms with Crippen molar-refractivity contribution in [2.45, 2.75) is 12.5 Å². The van der Waals surface area contributed by atoms with Gasteiger partial charge in [-0.3, -0.25) is 0 Å². The minimum Gasteiger partial charge on any atom is -0.489 e. The first-order valence-corrected chi connectivity index (χ1v) is 5.33. The van der Waals surface area contributed by atoms with Gasteiger partial charge >= 0.3 is 0 Å². The highest BCUT2D eigenvalue weighted by Crippen LogP contribution is 2.29. The van der Waals surface area contributed by atoms with E-state index in [4.69, 9.17) is 4.74 Å². The van der Waals surface area contributed by atoms with Crippen LogP contribution in [0.1, 0.15) is 5.56 Å².